The third-order valence-electron chi connectivity index (χ3n) is 6.72. The zero-order chi connectivity index (χ0) is 16.3. The number of hydrogen-bond acceptors (Lipinski definition) is 3. The molecule has 2 saturated carbocycles. The highest BCUT2D eigenvalue weighted by Crippen LogP contribution is 2.48. The van der Waals surface area contributed by atoms with Gasteiger partial charge in [-0.2, -0.15) is 0 Å². The van der Waals surface area contributed by atoms with Crippen molar-refractivity contribution >= 4 is 11.7 Å². The largest absolute Gasteiger partial charge is 0.345 e. The first-order valence-corrected chi connectivity index (χ1v) is 9.62. The molecule has 0 bridgehead atoms. The molecule has 5 heteroatoms. The van der Waals surface area contributed by atoms with Gasteiger partial charge < -0.3 is 4.98 Å². The monoisotopic (exact) mass is 326 g/mol. The number of carbonyl (C=O) groups is 1. The van der Waals surface area contributed by atoms with Crippen molar-refractivity contribution in [3.63, 3.8) is 0 Å². The van der Waals surface area contributed by atoms with Crippen molar-refractivity contribution in [1.29, 1.82) is 0 Å². The van der Waals surface area contributed by atoms with Crippen LogP contribution in [0.1, 0.15) is 85.7 Å². The summed E-state index contributed by atoms with van der Waals surface area (Å²) in [5.41, 5.74) is 1.80. The molecule has 128 valence electrons. The maximum atomic E-state index is 12.8. The Morgan fingerprint density at radius 2 is 1.96 bits per heavy atom. The van der Waals surface area contributed by atoms with Crippen LogP contribution in [0.15, 0.2) is 4.99 Å². The van der Waals surface area contributed by atoms with Crippen LogP contribution < -0.4 is 0 Å². The number of fused-ring (bicyclic) bond motifs is 3. The van der Waals surface area contributed by atoms with Crippen LogP contribution in [-0.2, 0) is 6.42 Å². The van der Waals surface area contributed by atoms with Crippen LogP contribution in [0, 0.1) is 5.92 Å². The van der Waals surface area contributed by atoms with Crippen LogP contribution in [0.25, 0.3) is 0 Å². The first-order valence-electron chi connectivity index (χ1n) is 9.62. The van der Waals surface area contributed by atoms with Crippen LogP contribution in [0.5, 0.6) is 0 Å². The van der Waals surface area contributed by atoms with E-state index in [2.05, 4.69) is 4.98 Å². The SMILES string of the molecule is CN1C(=O)c2nc(CC3CCCC3)[nH]c2C2CC3(CCCC3)N=C21. The van der Waals surface area contributed by atoms with Gasteiger partial charge in [-0.05, 0) is 25.2 Å². The number of rotatable bonds is 2. The number of amidine groups is 1. The Labute approximate surface area is 142 Å². The Kier molecular flexibility index (Phi) is 3.16. The van der Waals surface area contributed by atoms with Crippen molar-refractivity contribution in [2.45, 2.75) is 75.7 Å². The third-order valence-corrected chi connectivity index (χ3v) is 6.72. The normalized spacial score (nSPS) is 28.5. The summed E-state index contributed by atoms with van der Waals surface area (Å²) < 4.78 is 0. The molecule has 1 aromatic heterocycles. The molecule has 0 saturated heterocycles. The van der Waals surface area contributed by atoms with Crippen molar-refractivity contribution in [3.05, 3.63) is 17.2 Å². The lowest BCUT2D eigenvalue weighted by Gasteiger charge is -2.27. The Bertz CT molecular complexity index is 707. The van der Waals surface area contributed by atoms with Crippen LogP contribution in [0.3, 0.4) is 0 Å². The molecule has 5 nitrogen and oxygen atoms in total. The molecule has 5 rings (SSSR count). The molecule has 2 aliphatic carbocycles. The summed E-state index contributed by atoms with van der Waals surface area (Å²) in [5.74, 6) is 2.99. The number of likely N-dealkylation sites (N-methyl/N-ethyl adjacent to an activating group) is 1. The molecule has 2 fully saturated rings. The fraction of sp³-hybridized carbons (Fsp3) is 0.737. The number of nitrogens with one attached hydrogen (secondary N) is 1. The molecule has 1 atom stereocenters. The second-order valence-corrected chi connectivity index (χ2v) is 8.32. The fourth-order valence-corrected chi connectivity index (χ4v) is 5.43. The summed E-state index contributed by atoms with van der Waals surface area (Å²) in [6.45, 7) is 0. The second kappa shape index (κ2) is 5.17. The molecule has 1 unspecified atom stereocenters. The van der Waals surface area contributed by atoms with Crippen molar-refractivity contribution in [2.24, 2.45) is 10.9 Å². The average molecular weight is 326 g/mol. The topological polar surface area (TPSA) is 61.4 Å². The number of hydrogen-bond donors (Lipinski definition) is 1. The smallest absolute Gasteiger partial charge is 0.279 e. The van der Waals surface area contributed by atoms with Gasteiger partial charge in [0.05, 0.1) is 17.2 Å². The maximum absolute atomic E-state index is 12.8. The van der Waals surface area contributed by atoms with E-state index in [4.69, 9.17) is 9.98 Å². The lowest BCUT2D eigenvalue weighted by molar-refractivity contribution is 0.0854. The van der Waals surface area contributed by atoms with Crippen LogP contribution in [0.2, 0.25) is 0 Å². The first kappa shape index (κ1) is 14.7. The van der Waals surface area contributed by atoms with Gasteiger partial charge in [-0.1, -0.05) is 38.5 Å². The molecule has 1 N–H and O–H groups in total. The van der Waals surface area contributed by atoms with Crippen molar-refractivity contribution in [2.75, 3.05) is 7.05 Å². The predicted molar refractivity (Wildman–Crippen MR) is 92.3 cm³/mol. The average Bonchev–Trinajstić information content (AvgIpc) is 3.33. The number of carbonyl (C=O) groups excluding carboxylic acids is 1. The highest BCUT2D eigenvalue weighted by Gasteiger charge is 2.49. The number of nitrogens with zero attached hydrogens (tertiary/aromatic N) is 3. The van der Waals surface area contributed by atoms with Gasteiger partial charge in [0, 0.05) is 13.5 Å². The molecule has 1 aromatic rings. The lowest BCUT2D eigenvalue weighted by Crippen LogP contribution is -2.40. The fourth-order valence-electron chi connectivity index (χ4n) is 5.43. The van der Waals surface area contributed by atoms with Crippen LogP contribution in [-0.4, -0.2) is 39.2 Å². The quantitative estimate of drug-likeness (QED) is 0.905. The standard InChI is InChI=1S/C19H26N4O/c1-23-17-13(11-19(22-17)8-4-5-9-19)15-16(18(23)24)21-14(20-15)10-12-6-2-3-7-12/h12-13H,2-11H2,1H3,(H,20,21). The van der Waals surface area contributed by atoms with Crippen LogP contribution >= 0.6 is 0 Å². The number of amides is 1. The highest BCUT2D eigenvalue weighted by atomic mass is 16.2. The summed E-state index contributed by atoms with van der Waals surface area (Å²) in [7, 11) is 1.87. The molecule has 1 amide bonds. The van der Waals surface area contributed by atoms with E-state index < -0.39 is 0 Å². The maximum Gasteiger partial charge on any atom is 0.279 e. The van der Waals surface area contributed by atoms with Crippen molar-refractivity contribution in [3.8, 4) is 0 Å². The minimum atomic E-state index is 0.0176. The summed E-state index contributed by atoms with van der Waals surface area (Å²) in [6.07, 6.45) is 12.2. The zero-order valence-electron chi connectivity index (χ0n) is 14.5. The van der Waals surface area contributed by atoms with Gasteiger partial charge in [-0.15, -0.1) is 0 Å². The predicted octanol–water partition coefficient (Wildman–Crippen LogP) is 3.43. The Balaban J connectivity index is 1.49. The molecule has 24 heavy (non-hydrogen) atoms. The summed E-state index contributed by atoms with van der Waals surface area (Å²) in [4.78, 5) is 27.9. The van der Waals surface area contributed by atoms with Gasteiger partial charge in [0.1, 0.15) is 11.7 Å². The van der Waals surface area contributed by atoms with E-state index in [0.29, 0.717) is 5.69 Å². The number of aromatic nitrogens is 2. The summed E-state index contributed by atoms with van der Waals surface area (Å²) >= 11 is 0. The van der Waals surface area contributed by atoms with Gasteiger partial charge in [-0.25, -0.2) is 4.98 Å². The van der Waals surface area contributed by atoms with E-state index in [1.807, 2.05) is 7.05 Å². The van der Waals surface area contributed by atoms with E-state index in [0.717, 1.165) is 36.1 Å². The molecular formula is C19H26N4O. The third kappa shape index (κ3) is 2.09. The number of aliphatic imine (C=N–C) groups is 1. The molecule has 4 aliphatic rings. The molecule has 1 spiro atoms. The van der Waals surface area contributed by atoms with Crippen molar-refractivity contribution in [1.82, 2.24) is 14.9 Å². The van der Waals surface area contributed by atoms with E-state index >= 15 is 0 Å². The van der Waals surface area contributed by atoms with E-state index in [-0.39, 0.29) is 17.4 Å². The number of imidazole rings is 1. The van der Waals surface area contributed by atoms with Gasteiger partial charge >= 0.3 is 0 Å². The summed E-state index contributed by atoms with van der Waals surface area (Å²) in [5, 5.41) is 0. The molecule has 2 aliphatic heterocycles. The van der Waals surface area contributed by atoms with E-state index in [1.165, 1.54) is 51.4 Å². The molecule has 3 heterocycles. The molecular weight excluding hydrogens is 300 g/mol. The van der Waals surface area contributed by atoms with E-state index in [9.17, 15) is 4.79 Å². The molecule has 0 aromatic carbocycles. The number of aromatic amines is 1. The number of H-pyrrole nitrogens is 1. The highest BCUT2D eigenvalue weighted by molar-refractivity contribution is 6.12. The minimum Gasteiger partial charge on any atom is -0.345 e. The van der Waals surface area contributed by atoms with E-state index in [1.54, 1.807) is 4.90 Å². The van der Waals surface area contributed by atoms with Gasteiger partial charge in [0.25, 0.3) is 5.91 Å². The Morgan fingerprint density at radius 1 is 1.21 bits per heavy atom. The molecule has 0 radical (unpaired) electrons. The lowest BCUT2D eigenvalue weighted by atomic mass is 9.86. The van der Waals surface area contributed by atoms with Gasteiger partial charge in [-0.3, -0.25) is 14.7 Å². The Morgan fingerprint density at radius 3 is 2.71 bits per heavy atom. The minimum absolute atomic E-state index is 0.0176. The van der Waals surface area contributed by atoms with Crippen LogP contribution in [0.4, 0.5) is 0 Å². The zero-order valence-corrected chi connectivity index (χ0v) is 14.5. The Hall–Kier alpha value is -1.65. The second-order valence-electron chi connectivity index (χ2n) is 8.32. The van der Waals surface area contributed by atoms with Gasteiger partial charge in [0.15, 0.2) is 5.69 Å². The summed E-state index contributed by atoms with van der Waals surface area (Å²) in [6, 6.07) is 0. The van der Waals surface area contributed by atoms with Gasteiger partial charge in [0.2, 0.25) is 0 Å². The first-order chi connectivity index (χ1) is 11.7. The van der Waals surface area contributed by atoms with Crippen molar-refractivity contribution < 1.29 is 4.79 Å².